The van der Waals surface area contributed by atoms with Crippen molar-refractivity contribution in [2.75, 3.05) is 37.7 Å². The summed E-state index contributed by atoms with van der Waals surface area (Å²) in [5.74, 6) is 1.93. The van der Waals surface area contributed by atoms with Crippen molar-refractivity contribution in [3.63, 3.8) is 0 Å². The van der Waals surface area contributed by atoms with Gasteiger partial charge in [-0.1, -0.05) is 26.7 Å². The van der Waals surface area contributed by atoms with Gasteiger partial charge in [-0.25, -0.2) is 8.42 Å². The number of nitrogens with one attached hydrogen (secondary N) is 2. The second-order valence-electron chi connectivity index (χ2n) is 7.35. The SMILES string of the molecule is CCNC(=NCC(C(CC)CC)N1CCCC1)NC1CCS(=O)(=O)C1. The van der Waals surface area contributed by atoms with Gasteiger partial charge in [-0.2, -0.15) is 0 Å². The van der Waals surface area contributed by atoms with Gasteiger partial charge in [0.2, 0.25) is 0 Å². The topological polar surface area (TPSA) is 73.8 Å². The molecule has 2 rings (SSSR count). The van der Waals surface area contributed by atoms with Crippen molar-refractivity contribution in [2.45, 2.75) is 65.0 Å². The third kappa shape index (κ3) is 6.13. The van der Waals surface area contributed by atoms with Gasteiger partial charge in [0, 0.05) is 18.6 Å². The maximum absolute atomic E-state index is 11.7. The average molecular weight is 373 g/mol. The minimum Gasteiger partial charge on any atom is -0.357 e. The van der Waals surface area contributed by atoms with Crippen LogP contribution in [0.15, 0.2) is 4.99 Å². The molecule has 7 heteroatoms. The van der Waals surface area contributed by atoms with Gasteiger partial charge in [-0.3, -0.25) is 9.89 Å². The first kappa shape index (κ1) is 20.5. The summed E-state index contributed by atoms with van der Waals surface area (Å²) in [6.45, 7) is 10.5. The highest BCUT2D eigenvalue weighted by molar-refractivity contribution is 7.91. The van der Waals surface area contributed by atoms with Crippen molar-refractivity contribution < 1.29 is 8.42 Å². The highest BCUT2D eigenvalue weighted by atomic mass is 32.2. The third-order valence-electron chi connectivity index (χ3n) is 5.56. The number of aliphatic imine (C=N–C) groups is 1. The Morgan fingerprint density at radius 3 is 2.40 bits per heavy atom. The van der Waals surface area contributed by atoms with Crippen molar-refractivity contribution in [1.29, 1.82) is 0 Å². The lowest BCUT2D eigenvalue weighted by Crippen LogP contribution is -2.46. The van der Waals surface area contributed by atoms with Crippen LogP contribution in [0, 0.1) is 5.92 Å². The van der Waals surface area contributed by atoms with E-state index >= 15 is 0 Å². The Morgan fingerprint density at radius 2 is 1.88 bits per heavy atom. The van der Waals surface area contributed by atoms with Crippen LogP contribution in [-0.4, -0.2) is 69.0 Å². The number of nitrogens with zero attached hydrogens (tertiary/aromatic N) is 2. The lowest BCUT2D eigenvalue weighted by molar-refractivity contribution is 0.171. The Morgan fingerprint density at radius 1 is 1.20 bits per heavy atom. The van der Waals surface area contributed by atoms with Crippen LogP contribution >= 0.6 is 0 Å². The van der Waals surface area contributed by atoms with Gasteiger partial charge in [0.1, 0.15) is 0 Å². The summed E-state index contributed by atoms with van der Waals surface area (Å²) in [5.41, 5.74) is 0. The van der Waals surface area contributed by atoms with Crippen LogP contribution in [0.2, 0.25) is 0 Å². The quantitative estimate of drug-likeness (QED) is 0.500. The molecule has 0 aliphatic carbocycles. The zero-order chi connectivity index (χ0) is 18.3. The van der Waals surface area contributed by atoms with E-state index in [-0.39, 0.29) is 17.5 Å². The molecule has 0 amide bonds. The van der Waals surface area contributed by atoms with Gasteiger partial charge >= 0.3 is 0 Å². The van der Waals surface area contributed by atoms with Crippen LogP contribution in [0.1, 0.15) is 52.9 Å². The second kappa shape index (κ2) is 9.76. The number of hydrogen-bond donors (Lipinski definition) is 2. The second-order valence-corrected chi connectivity index (χ2v) is 9.58. The average Bonchev–Trinajstić information content (AvgIpc) is 3.21. The van der Waals surface area contributed by atoms with Crippen molar-refractivity contribution >= 4 is 15.8 Å². The van der Waals surface area contributed by atoms with Gasteiger partial charge in [0.15, 0.2) is 15.8 Å². The normalized spacial score (nSPS) is 25.4. The molecule has 146 valence electrons. The Labute approximate surface area is 153 Å². The molecular weight excluding hydrogens is 336 g/mol. The maximum Gasteiger partial charge on any atom is 0.191 e. The highest BCUT2D eigenvalue weighted by Crippen LogP contribution is 2.23. The fourth-order valence-electron chi connectivity index (χ4n) is 4.08. The first-order chi connectivity index (χ1) is 12.0. The molecule has 2 unspecified atom stereocenters. The molecule has 2 N–H and O–H groups in total. The lowest BCUT2D eigenvalue weighted by atomic mass is 9.93. The smallest absolute Gasteiger partial charge is 0.191 e. The minimum absolute atomic E-state index is 0.0128. The van der Waals surface area contributed by atoms with Crippen molar-refractivity contribution in [3.05, 3.63) is 0 Å². The molecule has 25 heavy (non-hydrogen) atoms. The predicted molar refractivity (Wildman–Crippen MR) is 105 cm³/mol. The zero-order valence-corrected chi connectivity index (χ0v) is 16.9. The summed E-state index contributed by atoms with van der Waals surface area (Å²) in [4.78, 5) is 7.45. The summed E-state index contributed by atoms with van der Waals surface area (Å²) in [5, 5.41) is 6.62. The van der Waals surface area contributed by atoms with Crippen LogP contribution in [0.25, 0.3) is 0 Å². The van der Waals surface area contributed by atoms with Crippen molar-refractivity contribution in [3.8, 4) is 0 Å². The first-order valence-electron chi connectivity index (χ1n) is 9.98. The van der Waals surface area contributed by atoms with E-state index < -0.39 is 9.84 Å². The summed E-state index contributed by atoms with van der Waals surface area (Å²) in [6.07, 6.45) is 5.61. The van der Waals surface area contributed by atoms with Crippen LogP contribution in [0.3, 0.4) is 0 Å². The monoisotopic (exact) mass is 372 g/mol. The summed E-state index contributed by atoms with van der Waals surface area (Å²) >= 11 is 0. The third-order valence-corrected chi connectivity index (χ3v) is 7.32. The van der Waals surface area contributed by atoms with Gasteiger partial charge in [-0.15, -0.1) is 0 Å². The molecule has 2 heterocycles. The number of rotatable bonds is 8. The molecule has 0 bridgehead atoms. The van der Waals surface area contributed by atoms with Gasteiger partial charge < -0.3 is 10.6 Å². The number of guanidine groups is 1. The largest absolute Gasteiger partial charge is 0.357 e. The van der Waals surface area contributed by atoms with Crippen LogP contribution < -0.4 is 10.6 Å². The first-order valence-corrected chi connectivity index (χ1v) is 11.8. The van der Waals surface area contributed by atoms with E-state index in [0.29, 0.717) is 18.4 Å². The number of hydrogen-bond acceptors (Lipinski definition) is 4. The molecule has 2 aliphatic heterocycles. The highest BCUT2D eigenvalue weighted by Gasteiger charge is 2.29. The van der Waals surface area contributed by atoms with E-state index in [1.807, 2.05) is 6.92 Å². The molecule has 0 spiro atoms. The van der Waals surface area contributed by atoms with Gasteiger partial charge in [-0.05, 0) is 45.2 Å². The molecule has 2 fully saturated rings. The fraction of sp³-hybridized carbons (Fsp3) is 0.944. The predicted octanol–water partition coefficient (Wildman–Crippen LogP) is 1.63. The summed E-state index contributed by atoms with van der Waals surface area (Å²) in [6, 6.07) is 0.474. The van der Waals surface area contributed by atoms with E-state index in [0.717, 1.165) is 19.0 Å². The molecule has 0 aromatic heterocycles. The molecule has 6 nitrogen and oxygen atoms in total. The summed E-state index contributed by atoms with van der Waals surface area (Å²) < 4.78 is 23.4. The molecule has 2 saturated heterocycles. The Hall–Kier alpha value is -0.820. The lowest BCUT2D eigenvalue weighted by Gasteiger charge is -2.33. The van der Waals surface area contributed by atoms with Crippen LogP contribution in [-0.2, 0) is 9.84 Å². The Balaban J connectivity index is 2.02. The van der Waals surface area contributed by atoms with E-state index in [9.17, 15) is 8.42 Å². The molecular formula is C18H36N4O2S. The standard InChI is InChI=1S/C18H36N4O2S/c1-4-15(5-2)17(22-10-7-8-11-22)13-20-18(19-6-3)21-16-9-12-25(23,24)14-16/h15-17H,4-14H2,1-3H3,(H2,19,20,21). The van der Waals surface area contributed by atoms with Crippen molar-refractivity contribution in [1.82, 2.24) is 15.5 Å². The number of likely N-dealkylation sites (tertiary alicyclic amines) is 1. The van der Waals surface area contributed by atoms with E-state index in [1.54, 1.807) is 0 Å². The molecule has 0 aromatic rings. The van der Waals surface area contributed by atoms with Crippen molar-refractivity contribution in [2.24, 2.45) is 10.9 Å². The Bertz CT molecular complexity index is 523. The fourth-order valence-corrected chi connectivity index (χ4v) is 5.75. The van der Waals surface area contributed by atoms with Crippen LogP contribution in [0.4, 0.5) is 0 Å². The van der Waals surface area contributed by atoms with E-state index in [4.69, 9.17) is 4.99 Å². The van der Waals surface area contributed by atoms with Gasteiger partial charge in [0.25, 0.3) is 0 Å². The molecule has 0 saturated carbocycles. The van der Waals surface area contributed by atoms with Gasteiger partial charge in [0.05, 0.1) is 18.1 Å². The maximum atomic E-state index is 11.7. The van der Waals surface area contributed by atoms with Crippen LogP contribution in [0.5, 0.6) is 0 Å². The molecule has 2 atom stereocenters. The van der Waals surface area contributed by atoms with E-state index in [1.165, 1.54) is 38.8 Å². The minimum atomic E-state index is -2.88. The summed E-state index contributed by atoms with van der Waals surface area (Å²) in [7, 11) is -2.88. The van der Waals surface area contributed by atoms with E-state index in [2.05, 4.69) is 29.4 Å². The Kier molecular flexibility index (Phi) is 8.00. The number of sulfone groups is 1. The zero-order valence-electron chi connectivity index (χ0n) is 16.1. The molecule has 0 radical (unpaired) electrons. The molecule has 0 aromatic carbocycles. The molecule has 2 aliphatic rings.